The third kappa shape index (κ3) is 4.58. The number of amides is 2. The summed E-state index contributed by atoms with van der Waals surface area (Å²) in [6.45, 7) is 2.53. The van der Waals surface area contributed by atoms with Crippen LogP contribution in [0, 0.1) is 0 Å². The van der Waals surface area contributed by atoms with Crippen LogP contribution in [0.3, 0.4) is 0 Å². The molecule has 1 fully saturated rings. The molecule has 0 saturated carbocycles. The van der Waals surface area contributed by atoms with E-state index in [0.717, 1.165) is 17.1 Å². The Bertz CT molecular complexity index is 992. The van der Waals surface area contributed by atoms with Gasteiger partial charge in [-0.05, 0) is 42.5 Å². The lowest BCUT2D eigenvalue weighted by Gasteiger charge is -2.35. The largest absolute Gasteiger partial charge is 0.352 e. The van der Waals surface area contributed by atoms with E-state index < -0.39 is 0 Å². The van der Waals surface area contributed by atoms with Gasteiger partial charge in [0.05, 0.1) is 15.7 Å². The molecule has 1 aliphatic rings. The van der Waals surface area contributed by atoms with Crippen molar-refractivity contribution < 1.29 is 4.79 Å². The smallest absolute Gasteiger partial charge is 0.321 e. The van der Waals surface area contributed by atoms with Gasteiger partial charge in [0, 0.05) is 49.8 Å². The number of carbonyl (C=O) groups is 1. The van der Waals surface area contributed by atoms with E-state index in [4.69, 9.17) is 23.2 Å². The van der Waals surface area contributed by atoms with Crippen LogP contribution in [-0.4, -0.2) is 52.3 Å². The Morgan fingerprint density at radius 3 is 2.31 bits per heavy atom. The number of hydrogen-bond acceptors (Lipinski definition) is 5. The normalized spacial score (nSPS) is 14.0. The van der Waals surface area contributed by atoms with Crippen LogP contribution in [0.1, 0.15) is 0 Å². The van der Waals surface area contributed by atoms with Gasteiger partial charge in [-0.15, -0.1) is 10.2 Å². The molecular weight excluding hydrogens is 411 g/mol. The Morgan fingerprint density at radius 1 is 0.897 bits per heavy atom. The summed E-state index contributed by atoms with van der Waals surface area (Å²) in [6.07, 6.45) is 3.46. The molecule has 9 heteroatoms. The predicted octanol–water partition coefficient (Wildman–Crippen LogP) is 4.20. The van der Waals surface area contributed by atoms with Crippen LogP contribution < -0.4 is 10.2 Å². The zero-order valence-electron chi connectivity index (χ0n) is 15.4. The quantitative estimate of drug-likeness (QED) is 0.676. The Kier molecular flexibility index (Phi) is 5.78. The van der Waals surface area contributed by atoms with Gasteiger partial charge in [0.25, 0.3) is 0 Å². The van der Waals surface area contributed by atoms with E-state index in [1.54, 1.807) is 35.5 Å². The van der Waals surface area contributed by atoms with Gasteiger partial charge in [-0.2, -0.15) is 0 Å². The lowest BCUT2D eigenvalue weighted by molar-refractivity contribution is 0.208. The molecule has 1 N–H and O–H groups in total. The van der Waals surface area contributed by atoms with E-state index in [1.165, 1.54) is 0 Å². The zero-order valence-corrected chi connectivity index (χ0v) is 16.9. The number of halogens is 2. The number of nitrogens with one attached hydrogen (secondary N) is 1. The number of piperazine rings is 1. The molecule has 2 amide bonds. The number of urea groups is 1. The second kappa shape index (κ2) is 8.63. The van der Waals surface area contributed by atoms with E-state index in [1.807, 2.05) is 24.3 Å². The van der Waals surface area contributed by atoms with E-state index in [-0.39, 0.29) is 6.03 Å². The molecular formula is C20H18Cl2N6O. The van der Waals surface area contributed by atoms with Crippen molar-refractivity contribution in [2.45, 2.75) is 0 Å². The van der Waals surface area contributed by atoms with Crippen LogP contribution in [0.5, 0.6) is 0 Å². The number of nitrogens with zero attached hydrogens (tertiary/aromatic N) is 5. The summed E-state index contributed by atoms with van der Waals surface area (Å²) in [4.78, 5) is 20.4. The van der Waals surface area contributed by atoms with Crippen molar-refractivity contribution in [1.29, 1.82) is 0 Å². The Labute approximate surface area is 178 Å². The maximum Gasteiger partial charge on any atom is 0.321 e. The number of carbonyl (C=O) groups excluding carboxylic acids is 1. The first kappa shape index (κ1) is 19.4. The average molecular weight is 429 g/mol. The molecule has 0 unspecified atom stereocenters. The maximum atomic E-state index is 12.5. The molecule has 3 aromatic rings. The molecule has 1 saturated heterocycles. The molecule has 0 spiro atoms. The number of rotatable bonds is 3. The summed E-state index contributed by atoms with van der Waals surface area (Å²) in [7, 11) is 0. The van der Waals surface area contributed by atoms with Crippen molar-refractivity contribution in [1.82, 2.24) is 20.1 Å². The first-order valence-corrected chi connectivity index (χ1v) is 9.86. The van der Waals surface area contributed by atoms with Crippen LogP contribution in [0.2, 0.25) is 10.0 Å². The van der Waals surface area contributed by atoms with E-state index in [2.05, 4.69) is 25.4 Å². The van der Waals surface area contributed by atoms with Crippen LogP contribution >= 0.6 is 23.2 Å². The van der Waals surface area contributed by atoms with Crippen molar-refractivity contribution in [3.05, 3.63) is 64.9 Å². The van der Waals surface area contributed by atoms with Gasteiger partial charge in [0.2, 0.25) is 0 Å². The summed E-state index contributed by atoms with van der Waals surface area (Å²) in [5.41, 5.74) is 2.39. The van der Waals surface area contributed by atoms with Crippen LogP contribution in [0.15, 0.2) is 54.9 Å². The molecule has 4 rings (SSSR count). The molecule has 0 atom stereocenters. The first-order chi connectivity index (χ1) is 14.1. The van der Waals surface area contributed by atoms with Gasteiger partial charge in [-0.3, -0.25) is 4.98 Å². The minimum absolute atomic E-state index is 0.165. The predicted molar refractivity (Wildman–Crippen MR) is 115 cm³/mol. The van der Waals surface area contributed by atoms with Crippen molar-refractivity contribution >= 4 is 40.7 Å². The van der Waals surface area contributed by atoms with Crippen LogP contribution in [-0.2, 0) is 0 Å². The molecule has 2 aromatic heterocycles. The van der Waals surface area contributed by atoms with E-state index in [0.29, 0.717) is 41.9 Å². The highest BCUT2D eigenvalue weighted by Gasteiger charge is 2.22. The fourth-order valence-electron chi connectivity index (χ4n) is 3.09. The highest BCUT2D eigenvalue weighted by Crippen LogP contribution is 2.25. The maximum absolute atomic E-state index is 12.5. The third-order valence-electron chi connectivity index (χ3n) is 4.69. The van der Waals surface area contributed by atoms with E-state index >= 15 is 0 Å². The molecule has 1 aromatic carbocycles. The number of pyridine rings is 1. The number of hydrogen-bond donors (Lipinski definition) is 1. The van der Waals surface area contributed by atoms with Gasteiger partial charge < -0.3 is 15.1 Å². The number of anilines is 2. The second-order valence-electron chi connectivity index (χ2n) is 6.55. The first-order valence-electron chi connectivity index (χ1n) is 9.10. The van der Waals surface area contributed by atoms with E-state index in [9.17, 15) is 4.79 Å². The van der Waals surface area contributed by atoms with Crippen LogP contribution in [0.25, 0.3) is 11.3 Å². The van der Waals surface area contributed by atoms with Crippen molar-refractivity contribution in [2.24, 2.45) is 0 Å². The monoisotopic (exact) mass is 428 g/mol. The number of benzene rings is 1. The molecule has 148 valence electrons. The third-order valence-corrected chi connectivity index (χ3v) is 5.43. The lowest BCUT2D eigenvalue weighted by Crippen LogP contribution is -2.50. The molecule has 7 nitrogen and oxygen atoms in total. The lowest BCUT2D eigenvalue weighted by atomic mass is 10.2. The Balaban J connectivity index is 1.34. The topological polar surface area (TPSA) is 74.2 Å². The van der Waals surface area contributed by atoms with Crippen molar-refractivity contribution in [2.75, 3.05) is 36.4 Å². The van der Waals surface area contributed by atoms with Crippen LogP contribution in [0.4, 0.5) is 16.3 Å². The van der Waals surface area contributed by atoms with Crippen molar-refractivity contribution in [3.63, 3.8) is 0 Å². The SMILES string of the molecule is O=C(Nc1ccc(Cl)c(Cl)c1)N1CCN(c2ccc(-c3ccncc3)nn2)CC1. The summed E-state index contributed by atoms with van der Waals surface area (Å²) >= 11 is 11.9. The van der Waals surface area contributed by atoms with Gasteiger partial charge >= 0.3 is 6.03 Å². The number of aromatic nitrogens is 3. The van der Waals surface area contributed by atoms with Gasteiger partial charge in [-0.1, -0.05) is 23.2 Å². The van der Waals surface area contributed by atoms with Crippen molar-refractivity contribution in [3.8, 4) is 11.3 Å². The average Bonchev–Trinajstić information content (AvgIpc) is 2.77. The zero-order chi connectivity index (χ0) is 20.2. The summed E-state index contributed by atoms with van der Waals surface area (Å²) in [5.74, 6) is 0.798. The molecule has 29 heavy (non-hydrogen) atoms. The summed E-state index contributed by atoms with van der Waals surface area (Å²) in [6, 6.07) is 12.5. The minimum atomic E-state index is -0.165. The summed E-state index contributed by atoms with van der Waals surface area (Å²) in [5, 5.41) is 12.4. The fraction of sp³-hybridized carbons (Fsp3) is 0.200. The molecule has 0 aliphatic carbocycles. The van der Waals surface area contributed by atoms with Gasteiger partial charge in [0.15, 0.2) is 5.82 Å². The second-order valence-corrected chi connectivity index (χ2v) is 7.36. The Hall–Kier alpha value is -2.90. The molecule has 0 bridgehead atoms. The minimum Gasteiger partial charge on any atom is -0.352 e. The van der Waals surface area contributed by atoms with Gasteiger partial charge in [0.1, 0.15) is 0 Å². The molecule has 1 aliphatic heterocycles. The highest BCUT2D eigenvalue weighted by molar-refractivity contribution is 6.42. The summed E-state index contributed by atoms with van der Waals surface area (Å²) < 4.78 is 0. The fourth-order valence-corrected chi connectivity index (χ4v) is 3.38. The molecule has 3 heterocycles. The Morgan fingerprint density at radius 2 is 1.66 bits per heavy atom. The highest BCUT2D eigenvalue weighted by atomic mass is 35.5. The molecule has 0 radical (unpaired) electrons. The van der Waals surface area contributed by atoms with Gasteiger partial charge in [-0.25, -0.2) is 4.79 Å². The standard InChI is InChI=1S/C20H18Cl2N6O/c21-16-2-1-15(13-17(16)22)24-20(29)28-11-9-27(10-12-28)19-4-3-18(25-26-19)14-5-7-23-8-6-14/h1-8,13H,9-12H2,(H,24,29).